The van der Waals surface area contributed by atoms with Gasteiger partial charge in [-0.25, -0.2) is 10.2 Å². The fraction of sp³-hybridized carbons (Fsp3) is 0.214. The average molecular weight is 288 g/mol. The third-order valence-electron chi connectivity index (χ3n) is 2.73. The van der Waals surface area contributed by atoms with Gasteiger partial charge in [0.25, 0.3) is 5.91 Å². The van der Waals surface area contributed by atoms with E-state index in [4.69, 9.17) is 4.42 Å². The Morgan fingerprint density at radius 1 is 1.24 bits per heavy atom. The van der Waals surface area contributed by atoms with Crippen molar-refractivity contribution in [1.82, 2.24) is 21.2 Å². The second kappa shape index (κ2) is 6.56. The van der Waals surface area contributed by atoms with E-state index in [1.165, 1.54) is 0 Å². The van der Waals surface area contributed by atoms with Gasteiger partial charge in [-0.05, 0) is 32.0 Å². The number of hydrazine groups is 1. The molecular weight excluding hydrogens is 272 g/mol. The maximum Gasteiger partial charge on any atom is 0.333 e. The molecule has 7 nitrogen and oxygen atoms in total. The van der Waals surface area contributed by atoms with Crippen LogP contribution in [-0.2, 0) is 6.54 Å². The number of carbonyl (C=O) groups is 2. The summed E-state index contributed by atoms with van der Waals surface area (Å²) in [4.78, 5) is 27.5. The number of carbonyl (C=O) groups excluding carboxylic acids is 2. The van der Waals surface area contributed by atoms with Crippen molar-refractivity contribution >= 4 is 11.9 Å². The third-order valence-corrected chi connectivity index (χ3v) is 2.73. The lowest BCUT2D eigenvalue weighted by atomic mass is 10.2. The Labute approximate surface area is 121 Å². The van der Waals surface area contributed by atoms with Gasteiger partial charge in [0.1, 0.15) is 11.5 Å². The molecule has 3 amide bonds. The summed E-state index contributed by atoms with van der Waals surface area (Å²) in [6, 6.07) is 6.49. The molecule has 0 saturated carbocycles. The summed E-state index contributed by atoms with van der Waals surface area (Å²) >= 11 is 0. The molecule has 21 heavy (non-hydrogen) atoms. The molecule has 0 aliphatic rings. The maximum atomic E-state index is 11.8. The lowest BCUT2D eigenvalue weighted by Gasteiger charge is -2.08. The molecule has 0 aliphatic heterocycles. The van der Waals surface area contributed by atoms with Crippen molar-refractivity contribution in [3.8, 4) is 0 Å². The Balaban J connectivity index is 1.79. The molecule has 0 saturated heterocycles. The Morgan fingerprint density at radius 2 is 2.05 bits per heavy atom. The zero-order valence-corrected chi connectivity index (χ0v) is 11.8. The van der Waals surface area contributed by atoms with Gasteiger partial charge < -0.3 is 9.73 Å². The summed E-state index contributed by atoms with van der Waals surface area (Å²) < 4.78 is 5.25. The number of amides is 3. The van der Waals surface area contributed by atoms with Crippen LogP contribution in [-0.4, -0.2) is 16.9 Å². The molecule has 2 heterocycles. The molecule has 3 N–H and O–H groups in total. The second-order valence-electron chi connectivity index (χ2n) is 4.41. The number of rotatable bonds is 3. The van der Waals surface area contributed by atoms with E-state index in [1.54, 1.807) is 38.2 Å². The van der Waals surface area contributed by atoms with E-state index in [0.29, 0.717) is 17.1 Å². The SMILES string of the molecule is Cc1cc(C(=O)NNC(=O)NCc2ccccn2)c(C)o1. The van der Waals surface area contributed by atoms with Gasteiger partial charge in [-0.15, -0.1) is 0 Å². The molecule has 0 fully saturated rings. The first-order valence-corrected chi connectivity index (χ1v) is 6.37. The van der Waals surface area contributed by atoms with Crippen LogP contribution in [0.4, 0.5) is 4.79 Å². The fourth-order valence-electron chi connectivity index (χ4n) is 1.75. The van der Waals surface area contributed by atoms with E-state index < -0.39 is 11.9 Å². The predicted octanol–water partition coefficient (Wildman–Crippen LogP) is 1.44. The maximum absolute atomic E-state index is 11.8. The zero-order valence-electron chi connectivity index (χ0n) is 11.8. The van der Waals surface area contributed by atoms with Crippen molar-refractivity contribution in [3.63, 3.8) is 0 Å². The van der Waals surface area contributed by atoms with Crippen LogP contribution in [0.25, 0.3) is 0 Å². The van der Waals surface area contributed by atoms with Crippen LogP contribution in [0.5, 0.6) is 0 Å². The third kappa shape index (κ3) is 4.07. The Bertz CT molecular complexity index is 637. The minimum Gasteiger partial charge on any atom is -0.466 e. The van der Waals surface area contributed by atoms with Gasteiger partial charge in [-0.2, -0.15) is 0 Å². The van der Waals surface area contributed by atoms with Crippen molar-refractivity contribution in [2.45, 2.75) is 20.4 Å². The molecule has 0 radical (unpaired) electrons. The van der Waals surface area contributed by atoms with Gasteiger partial charge >= 0.3 is 6.03 Å². The number of hydrogen-bond donors (Lipinski definition) is 3. The fourth-order valence-corrected chi connectivity index (χ4v) is 1.75. The predicted molar refractivity (Wildman–Crippen MR) is 75.3 cm³/mol. The number of aromatic nitrogens is 1. The van der Waals surface area contributed by atoms with Crippen molar-refractivity contribution in [2.24, 2.45) is 0 Å². The molecule has 2 rings (SSSR count). The molecule has 7 heteroatoms. The molecule has 110 valence electrons. The first-order chi connectivity index (χ1) is 10.1. The van der Waals surface area contributed by atoms with Gasteiger partial charge in [0.15, 0.2) is 0 Å². The monoisotopic (exact) mass is 288 g/mol. The number of aryl methyl sites for hydroxylation is 2. The van der Waals surface area contributed by atoms with Gasteiger partial charge in [0.05, 0.1) is 17.8 Å². The number of pyridine rings is 1. The van der Waals surface area contributed by atoms with Crippen LogP contribution >= 0.6 is 0 Å². The summed E-state index contributed by atoms with van der Waals surface area (Å²) in [6.07, 6.45) is 1.64. The highest BCUT2D eigenvalue weighted by Crippen LogP contribution is 2.12. The summed E-state index contributed by atoms with van der Waals surface area (Å²) in [5.74, 6) is 0.704. The Hall–Kier alpha value is -2.83. The zero-order chi connectivity index (χ0) is 15.2. The number of urea groups is 1. The first-order valence-electron chi connectivity index (χ1n) is 6.37. The highest BCUT2D eigenvalue weighted by molar-refractivity contribution is 5.96. The minimum atomic E-state index is -0.521. The lowest BCUT2D eigenvalue weighted by Crippen LogP contribution is -2.46. The second-order valence-corrected chi connectivity index (χ2v) is 4.41. The number of nitrogens with one attached hydrogen (secondary N) is 3. The highest BCUT2D eigenvalue weighted by atomic mass is 16.3. The van der Waals surface area contributed by atoms with E-state index in [-0.39, 0.29) is 6.54 Å². The molecule has 2 aromatic rings. The molecule has 0 bridgehead atoms. The molecule has 0 unspecified atom stereocenters. The van der Waals surface area contributed by atoms with Crippen LogP contribution in [0.15, 0.2) is 34.9 Å². The van der Waals surface area contributed by atoms with Gasteiger partial charge in [0.2, 0.25) is 0 Å². The molecule has 0 aromatic carbocycles. The molecule has 0 atom stereocenters. The van der Waals surface area contributed by atoms with Crippen LogP contribution in [0.3, 0.4) is 0 Å². The topological polar surface area (TPSA) is 96.3 Å². The molecule has 0 spiro atoms. The lowest BCUT2D eigenvalue weighted by molar-refractivity contribution is 0.0934. The van der Waals surface area contributed by atoms with Crippen LogP contribution < -0.4 is 16.2 Å². The quantitative estimate of drug-likeness (QED) is 0.744. The number of nitrogens with zero attached hydrogens (tertiary/aromatic N) is 1. The molecular formula is C14H16N4O3. The van der Waals surface area contributed by atoms with E-state index in [9.17, 15) is 9.59 Å². The van der Waals surface area contributed by atoms with E-state index in [0.717, 1.165) is 5.69 Å². The highest BCUT2D eigenvalue weighted by Gasteiger charge is 2.13. The summed E-state index contributed by atoms with van der Waals surface area (Å²) in [6.45, 7) is 3.70. The molecule has 0 aliphatic carbocycles. The van der Waals surface area contributed by atoms with Crippen molar-refractivity contribution in [2.75, 3.05) is 0 Å². The van der Waals surface area contributed by atoms with Gasteiger partial charge in [-0.3, -0.25) is 15.2 Å². The van der Waals surface area contributed by atoms with Crippen molar-refractivity contribution in [1.29, 1.82) is 0 Å². The normalized spacial score (nSPS) is 10.0. The largest absolute Gasteiger partial charge is 0.466 e. The van der Waals surface area contributed by atoms with Crippen LogP contribution in [0, 0.1) is 13.8 Å². The Kier molecular flexibility index (Phi) is 4.55. The molecule has 2 aromatic heterocycles. The van der Waals surface area contributed by atoms with E-state index in [2.05, 4.69) is 21.2 Å². The van der Waals surface area contributed by atoms with Gasteiger partial charge in [-0.1, -0.05) is 6.07 Å². The first kappa shape index (κ1) is 14.6. The van der Waals surface area contributed by atoms with Crippen LogP contribution in [0.1, 0.15) is 27.6 Å². The summed E-state index contributed by atoms with van der Waals surface area (Å²) in [5.41, 5.74) is 5.69. The van der Waals surface area contributed by atoms with Crippen molar-refractivity contribution in [3.05, 3.63) is 53.2 Å². The number of furan rings is 1. The van der Waals surface area contributed by atoms with E-state index >= 15 is 0 Å². The minimum absolute atomic E-state index is 0.270. The number of hydrogen-bond acceptors (Lipinski definition) is 4. The standard InChI is InChI=1S/C14H16N4O3/c1-9-7-12(10(2)21-9)13(19)17-18-14(20)16-8-11-5-3-4-6-15-11/h3-7H,8H2,1-2H3,(H,17,19)(H2,16,18,20). The Morgan fingerprint density at radius 3 is 2.67 bits per heavy atom. The summed E-state index contributed by atoms with van der Waals surface area (Å²) in [7, 11) is 0. The van der Waals surface area contributed by atoms with Crippen LogP contribution in [0.2, 0.25) is 0 Å². The van der Waals surface area contributed by atoms with E-state index in [1.807, 2.05) is 6.07 Å². The summed E-state index contributed by atoms with van der Waals surface area (Å²) in [5, 5.41) is 2.57. The average Bonchev–Trinajstić information content (AvgIpc) is 2.82. The van der Waals surface area contributed by atoms with Crippen molar-refractivity contribution < 1.29 is 14.0 Å². The van der Waals surface area contributed by atoms with Gasteiger partial charge in [0, 0.05) is 6.20 Å². The smallest absolute Gasteiger partial charge is 0.333 e.